The first-order valence-electron chi connectivity index (χ1n) is 6.38. The zero-order valence-electron chi connectivity index (χ0n) is 11.7. The van der Waals surface area contributed by atoms with E-state index in [1.165, 1.54) is 5.56 Å². The van der Waals surface area contributed by atoms with Crippen molar-refractivity contribution in [1.82, 2.24) is 9.97 Å². The van der Waals surface area contributed by atoms with E-state index in [0.29, 0.717) is 0 Å². The highest BCUT2D eigenvalue weighted by atomic mass is 79.9. The highest BCUT2D eigenvalue weighted by molar-refractivity contribution is 9.10. The average Bonchev–Trinajstić information content (AvgIpc) is 2.36. The lowest BCUT2D eigenvalue weighted by Crippen LogP contribution is -2.17. The molecule has 3 nitrogen and oxygen atoms in total. The Morgan fingerprint density at radius 3 is 2.30 bits per heavy atom. The maximum Gasteiger partial charge on any atom is 0.137 e. The standard InChI is InChI=1S/C15H17Br2N3/c1-15(2,3)14-19-12(17)8-13(20-14)18-9-10-4-6-11(16)7-5-10/h4-8H,9H2,1-3H3,(H,18,19,20). The fourth-order valence-electron chi connectivity index (χ4n) is 1.64. The smallest absolute Gasteiger partial charge is 0.137 e. The number of hydrogen-bond donors (Lipinski definition) is 1. The molecule has 5 heteroatoms. The molecule has 0 saturated heterocycles. The lowest BCUT2D eigenvalue weighted by Gasteiger charge is -2.18. The van der Waals surface area contributed by atoms with Gasteiger partial charge in [-0.25, -0.2) is 9.97 Å². The molecule has 106 valence electrons. The molecule has 0 aliphatic heterocycles. The number of nitrogens with one attached hydrogen (secondary N) is 1. The van der Waals surface area contributed by atoms with Gasteiger partial charge < -0.3 is 5.32 Å². The Balaban J connectivity index is 2.13. The molecule has 0 aliphatic carbocycles. The van der Waals surface area contributed by atoms with Crippen LogP contribution in [-0.4, -0.2) is 9.97 Å². The van der Waals surface area contributed by atoms with Gasteiger partial charge in [-0.15, -0.1) is 0 Å². The molecule has 0 spiro atoms. The molecule has 1 aromatic carbocycles. The number of halogens is 2. The van der Waals surface area contributed by atoms with E-state index >= 15 is 0 Å². The Morgan fingerprint density at radius 1 is 1.05 bits per heavy atom. The molecule has 20 heavy (non-hydrogen) atoms. The second-order valence-corrected chi connectivity index (χ2v) is 7.36. The summed E-state index contributed by atoms with van der Waals surface area (Å²) in [5.41, 5.74) is 1.14. The highest BCUT2D eigenvalue weighted by Gasteiger charge is 2.18. The third kappa shape index (κ3) is 4.28. The minimum Gasteiger partial charge on any atom is -0.366 e. The Morgan fingerprint density at radius 2 is 1.70 bits per heavy atom. The van der Waals surface area contributed by atoms with Crippen LogP contribution in [0.1, 0.15) is 32.2 Å². The summed E-state index contributed by atoms with van der Waals surface area (Å²) in [7, 11) is 0. The van der Waals surface area contributed by atoms with Crippen LogP contribution in [-0.2, 0) is 12.0 Å². The van der Waals surface area contributed by atoms with Gasteiger partial charge >= 0.3 is 0 Å². The summed E-state index contributed by atoms with van der Waals surface area (Å²) in [5.74, 6) is 1.66. The molecule has 1 heterocycles. The first kappa shape index (κ1) is 15.4. The fraction of sp³-hybridized carbons (Fsp3) is 0.333. The molecule has 2 aromatic rings. The number of nitrogens with zero attached hydrogens (tertiary/aromatic N) is 2. The van der Waals surface area contributed by atoms with Crippen LogP contribution in [0.25, 0.3) is 0 Å². The lowest BCUT2D eigenvalue weighted by molar-refractivity contribution is 0.544. The molecule has 2 rings (SSSR count). The summed E-state index contributed by atoms with van der Waals surface area (Å²) in [6.07, 6.45) is 0. The van der Waals surface area contributed by atoms with Gasteiger partial charge in [0.05, 0.1) is 0 Å². The van der Waals surface area contributed by atoms with Gasteiger partial charge in [-0.2, -0.15) is 0 Å². The number of hydrogen-bond acceptors (Lipinski definition) is 3. The number of anilines is 1. The molecule has 0 bridgehead atoms. The van der Waals surface area contributed by atoms with Crippen molar-refractivity contribution in [1.29, 1.82) is 0 Å². The van der Waals surface area contributed by atoms with E-state index in [0.717, 1.165) is 27.3 Å². The number of benzene rings is 1. The summed E-state index contributed by atoms with van der Waals surface area (Å²) >= 11 is 6.88. The number of rotatable bonds is 3. The summed E-state index contributed by atoms with van der Waals surface area (Å²) in [6.45, 7) is 7.05. The summed E-state index contributed by atoms with van der Waals surface area (Å²) < 4.78 is 1.89. The SMILES string of the molecule is CC(C)(C)c1nc(Br)cc(NCc2ccc(Br)cc2)n1. The van der Waals surface area contributed by atoms with Crippen LogP contribution in [0.3, 0.4) is 0 Å². The minimum absolute atomic E-state index is 0.0716. The third-order valence-corrected chi connectivity index (χ3v) is 3.69. The lowest BCUT2D eigenvalue weighted by atomic mass is 9.96. The summed E-state index contributed by atoms with van der Waals surface area (Å²) in [4.78, 5) is 9.01. The Kier molecular flexibility index (Phi) is 4.81. The molecule has 0 amide bonds. The van der Waals surface area contributed by atoms with Crippen LogP contribution in [0.15, 0.2) is 39.4 Å². The summed E-state index contributed by atoms with van der Waals surface area (Å²) in [5, 5.41) is 3.34. The molecular weight excluding hydrogens is 382 g/mol. The Labute approximate surface area is 136 Å². The third-order valence-electron chi connectivity index (χ3n) is 2.75. The normalized spacial score (nSPS) is 11.4. The molecular formula is C15H17Br2N3. The van der Waals surface area contributed by atoms with Gasteiger partial charge in [0.25, 0.3) is 0 Å². The van der Waals surface area contributed by atoms with Gasteiger partial charge in [-0.3, -0.25) is 0 Å². The Bertz CT molecular complexity index is 589. The minimum atomic E-state index is -0.0716. The van der Waals surface area contributed by atoms with E-state index in [-0.39, 0.29) is 5.41 Å². The first-order chi connectivity index (χ1) is 9.34. The van der Waals surface area contributed by atoms with E-state index < -0.39 is 0 Å². The maximum atomic E-state index is 4.58. The van der Waals surface area contributed by atoms with Crippen molar-refractivity contribution in [3.05, 3.63) is 50.8 Å². The fourth-order valence-corrected chi connectivity index (χ4v) is 2.29. The molecule has 0 saturated carbocycles. The molecule has 0 aliphatic rings. The average molecular weight is 399 g/mol. The van der Waals surface area contributed by atoms with Gasteiger partial charge in [-0.05, 0) is 33.6 Å². The predicted octanol–water partition coefficient (Wildman–Crippen LogP) is 4.91. The second kappa shape index (κ2) is 6.22. The van der Waals surface area contributed by atoms with E-state index in [2.05, 4.69) is 80.0 Å². The van der Waals surface area contributed by atoms with Crippen molar-refractivity contribution in [2.45, 2.75) is 32.7 Å². The van der Waals surface area contributed by atoms with Crippen LogP contribution in [0, 0.1) is 0 Å². The molecule has 1 aromatic heterocycles. The van der Waals surface area contributed by atoms with Crippen LogP contribution < -0.4 is 5.32 Å². The van der Waals surface area contributed by atoms with Gasteiger partial charge in [0.1, 0.15) is 16.2 Å². The quantitative estimate of drug-likeness (QED) is 0.746. The maximum absolute atomic E-state index is 4.58. The molecule has 0 fully saturated rings. The van der Waals surface area contributed by atoms with Gasteiger partial charge in [-0.1, -0.05) is 48.8 Å². The second-order valence-electron chi connectivity index (χ2n) is 5.63. The van der Waals surface area contributed by atoms with E-state index in [4.69, 9.17) is 0 Å². The topological polar surface area (TPSA) is 37.8 Å². The van der Waals surface area contributed by atoms with E-state index in [9.17, 15) is 0 Å². The van der Waals surface area contributed by atoms with Crippen molar-refractivity contribution in [2.24, 2.45) is 0 Å². The van der Waals surface area contributed by atoms with Crippen LogP contribution in [0.2, 0.25) is 0 Å². The zero-order chi connectivity index (χ0) is 14.8. The number of aromatic nitrogens is 2. The zero-order valence-corrected chi connectivity index (χ0v) is 14.9. The highest BCUT2D eigenvalue weighted by Crippen LogP contribution is 2.22. The predicted molar refractivity (Wildman–Crippen MR) is 89.9 cm³/mol. The van der Waals surface area contributed by atoms with Gasteiger partial charge in [0.15, 0.2) is 0 Å². The van der Waals surface area contributed by atoms with Crippen LogP contribution in [0.4, 0.5) is 5.82 Å². The van der Waals surface area contributed by atoms with Crippen LogP contribution >= 0.6 is 31.9 Å². The largest absolute Gasteiger partial charge is 0.366 e. The first-order valence-corrected chi connectivity index (χ1v) is 7.96. The van der Waals surface area contributed by atoms with E-state index in [1.807, 2.05) is 18.2 Å². The molecule has 0 radical (unpaired) electrons. The molecule has 0 unspecified atom stereocenters. The Hall–Kier alpha value is -0.940. The molecule has 0 atom stereocenters. The van der Waals surface area contributed by atoms with Crippen molar-refractivity contribution in [3.8, 4) is 0 Å². The van der Waals surface area contributed by atoms with Crippen molar-refractivity contribution >= 4 is 37.7 Å². The monoisotopic (exact) mass is 397 g/mol. The van der Waals surface area contributed by atoms with Crippen molar-refractivity contribution in [3.63, 3.8) is 0 Å². The van der Waals surface area contributed by atoms with E-state index in [1.54, 1.807) is 0 Å². The van der Waals surface area contributed by atoms with Crippen LogP contribution in [0.5, 0.6) is 0 Å². The van der Waals surface area contributed by atoms with Crippen molar-refractivity contribution < 1.29 is 0 Å². The molecule has 1 N–H and O–H groups in total. The summed E-state index contributed by atoms with van der Waals surface area (Å²) in [6, 6.07) is 10.1. The van der Waals surface area contributed by atoms with Crippen molar-refractivity contribution in [2.75, 3.05) is 5.32 Å². The van der Waals surface area contributed by atoms with Gasteiger partial charge in [0, 0.05) is 22.5 Å². The van der Waals surface area contributed by atoms with Gasteiger partial charge in [0.2, 0.25) is 0 Å².